The van der Waals surface area contributed by atoms with E-state index in [0.29, 0.717) is 5.92 Å². The summed E-state index contributed by atoms with van der Waals surface area (Å²) < 4.78 is 23.5. The normalized spacial score (nSPS) is 37.0. The number of nitrogens with two attached hydrogens (primary N) is 1. The van der Waals surface area contributed by atoms with Gasteiger partial charge in [-0.15, -0.1) is 0 Å². The van der Waals surface area contributed by atoms with Crippen molar-refractivity contribution in [2.24, 2.45) is 17.6 Å². The highest BCUT2D eigenvalue weighted by molar-refractivity contribution is 4.91. The van der Waals surface area contributed by atoms with Gasteiger partial charge in [-0.3, -0.25) is 0 Å². The van der Waals surface area contributed by atoms with Crippen molar-refractivity contribution in [1.29, 1.82) is 0 Å². The zero-order valence-electron chi connectivity index (χ0n) is 5.35. The van der Waals surface area contributed by atoms with Gasteiger partial charge in [0, 0.05) is 0 Å². The minimum absolute atomic E-state index is 0.0880. The van der Waals surface area contributed by atoms with Gasteiger partial charge in [0.1, 0.15) is 0 Å². The predicted molar refractivity (Wildman–Crippen MR) is 31.3 cm³/mol. The fraction of sp³-hybridized carbons (Fsp3) is 1.00. The maximum absolute atomic E-state index is 11.8. The van der Waals surface area contributed by atoms with Crippen LogP contribution in [-0.4, -0.2) is 12.5 Å². The Morgan fingerprint density at radius 3 is 2.11 bits per heavy atom. The van der Waals surface area contributed by atoms with E-state index in [2.05, 4.69) is 0 Å². The molecule has 0 aliphatic heterocycles. The first-order valence-electron chi connectivity index (χ1n) is 3.16. The summed E-state index contributed by atoms with van der Waals surface area (Å²) in [5, 5.41) is 0. The van der Waals surface area contributed by atoms with Crippen molar-refractivity contribution >= 4 is 0 Å². The van der Waals surface area contributed by atoms with E-state index in [1.54, 1.807) is 0 Å². The molecule has 1 nitrogen and oxygen atoms in total. The highest BCUT2D eigenvalue weighted by atomic mass is 19.3. The van der Waals surface area contributed by atoms with E-state index >= 15 is 0 Å². The van der Waals surface area contributed by atoms with Crippen LogP contribution in [0.2, 0.25) is 0 Å². The summed E-state index contributed by atoms with van der Waals surface area (Å²) in [6.07, 6.45) is -1.45. The van der Waals surface area contributed by atoms with Gasteiger partial charge in [-0.25, -0.2) is 8.78 Å². The van der Waals surface area contributed by atoms with Crippen LogP contribution < -0.4 is 5.73 Å². The van der Waals surface area contributed by atoms with Gasteiger partial charge < -0.3 is 5.73 Å². The van der Waals surface area contributed by atoms with Gasteiger partial charge in [-0.1, -0.05) is 6.92 Å². The smallest absolute Gasteiger partial charge is 0.253 e. The standard InChI is InChI=1S/C6H11F2N/c1-3-2-4(3)5(9)6(7)8/h3-6H,2,9H2,1H3. The van der Waals surface area contributed by atoms with Crippen molar-refractivity contribution in [3.63, 3.8) is 0 Å². The molecule has 0 radical (unpaired) electrons. The van der Waals surface area contributed by atoms with Crippen molar-refractivity contribution in [1.82, 2.24) is 0 Å². The molecule has 0 heterocycles. The second-order valence-corrected chi connectivity index (χ2v) is 2.79. The summed E-state index contributed by atoms with van der Waals surface area (Å²) in [6, 6.07) is -0.875. The van der Waals surface area contributed by atoms with E-state index in [1.165, 1.54) is 0 Å². The molecule has 0 amide bonds. The molecule has 0 spiro atoms. The van der Waals surface area contributed by atoms with Crippen molar-refractivity contribution in [3.05, 3.63) is 0 Å². The molecule has 2 N–H and O–H groups in total. The molecule has 0 aromatic carbocycles. The van der Waals surface area contributed by atoms with Crippen LogP contribution in [0.15, 0.2) is 0 Å². The summed E-state index contributed by atoms with van der Waals surface area (Å²) in [5.74, 6) is 0.513. The van der Waals surface area contributed by atoms with Crippen LogP contribution in [0.3, 0.4) is 0 Å². The first kappa shape index (κ1) is 6.93. The Hall–Kier alpha value is -0.180. The average Bonchev–Trinajstić information content (AvgIpc) is 2.44. The third-order valence-corrected chi connectivity index (χ3v) is 1.96. The maximum Gasteiger partial charge on any atom is 0.253 e. The van der Waals surface area contributed by atoms with Crippen LogP contribution in [0.4, 0.5) is 8.78 Å². The van der Waals surface area contributed by atoms with Crippen LogP contribution in [0.25, 0.3) is 0 Å². The molecule has 54 valence electrons. The van der Waals surface area contributed by atoms with Gasteiger partial charge in [0.2, 0.25) is 0 Å². The van der Waals surface area contributed by atoms with Gasteiger partial charge in [0.05, 0.1) is 6.04 Å². The van der Waals surface area contributed by atoms with Gasteiger partial charge >= 0.3 is 0 Å². The molecule has 0 saturated heterocycles. The molecular formula is C6H11F2N. The Balaban J connectivity index is 2.27. The lowest BCUT2D eigenvalue weighted by atomic mass is 10.2. The van der Waals surface area contributed by atoms with E-state index in [1.807, 2.05) is 6.92 Å². The molecule has 3 heteroatoms. The first-order valence-corrected chi connectivity index (χ1v) is 3.16. The third kappa shape index (κ3) is 1.39. The first-order chi connectivity index (χ1) is 4.13. The van der Waals surface area contributed by atoms with Gasteiger partial charge in [0.25, 0.3) is 6.43 Å². The summed E-state index contributed by atoms with van der Waals surface area (Å²) in [4.78, 5) is 0. The molecule has 1 aliphatic carbocycles. The molecular weight excluding hydrogens is 124 g/mol. The molecule has 9 heavy (non-hydrogen) atoms. The molecule has 0 aromatic heterocycles. The Bertz CT molecular complexity index is 105. The van der Waals surface area contributed by atoms with Crippen molar-refractivity contribution < 1.29 is 8.78 Å². The number of alkyl halides is 2. The molecule has 1 saturated carbocycles. The Morgan fingerprint density at radius 1 is 1.56 bits per heavy atom. The number of hydrogen-bond acceptors (Lipinski definition) is 1. The second kappa shape index (κ2) is 2.21. The van der Waals surface area contributed by atoms with Crippen molar-refractivity contribution in [2.75, 3.05) is 0 Å². The molecule has 0 aromatic rings. The van der Waals surface area contributed by atoms with Crippen LogP contribution in [0, 0.1) is 11.8 Å². The molecule has 3 unspecified atom stereocenters. The lowest BCUT2D eigenvalue weighted by molar-refractivity contribution is 0.105. The second-order valence-electron chi connectivity index (χ2n) is 2.79. The highest BCUT2D eigenvalue weighted by Gasteiger charge is 2.41. The van der Waals surface area contributed by atoms with Crippen LogP contribution >= 0.6 is 0 Å². The highest BCUT2D eigenvalue weighted by Crippen LogP contribution is 2.41. The van der Waals surface area contributed by atoms with Gasteiger partial charge in [-0.05, 0) is 18.3 Å². The van der Waals surface area contributed by atoms with E-state index < -0.39 is 12.5 Å². The molecule has 1 rings (SSSR count). The van der Waals surface area contributed by atoms with Crippen molar-refractivity contribution in [3.8, 4) is 0 Å². The SMILES string of the molecule is CC1CC1C(N)C(F)F. The number of halogens is 2. The van der Waals surface area contributed by atoms with E-state index in [0.717, 1.165) is 6.42 Å². The lowest BCUT2D eigenvalue weighted by Crippen LogP contribution is -2.31. The number of hydrogen-bond donors (Lipinski definition) is 1. The van der Waals surface area contributed by atoms with E-state index in [-0.39, 0.29) is 5.92 Å². The van der Waals surface area contributed by atoms with Gasteiger partial charge in [0.15, 0.2) is 0 Å². The monoisotopic (exact) mass is 135 g/mol. The fourth-order valence-corrected chi connectivity index (χ4v) is 1.07. The third-order valence-electron chi connectivity index (χ3n) is 1.96. The quantitative estimate of drug-likeness (QED) is 0.605. The molecule has 3 atom stereocenters. The van der Waals surface area contributed by atoms with Crippen molar-refractivity contribution in [2.45, 2.75) is 25.8 Å². The zero-order valence-corrected chi connectivity index (χ0v) is 5.35. The largest absolute Gasteiger partial charge is 0.323 e. The van der Waals surface area contributed by atoms with Gasteiger partial charge in [-0.2, -0.15) is 0 Å². The van der Waals surface area contributed by atoms with Crippen LogP contribution in [0.1, 0.15) is 13.3 Å². The molecule has 0 bridgehead atoms. The molecule has 1 aliphatic rings. The Kier molecular flexibility index (Phi) is 1.70. The van der Waals surface area contributed by atoms with E-state index in [4.69, 9.17) is 5.73 Å². The van der Waals surface area contributed by atoms with Crippen LogP contribution in [0.5, 0.6) is 0 Å². The lowest BCUT2D eigenvalue weighted by Gasteiger charge is -2.07. The fourth-order valence-electron chi connectivity index (χ4n) is 1.07. The minimum atomic E-state index is -2.33. The predicted octanol–water partition coefficient (Wildman–Crippen LogP) is 1.23. The Labute approximate surface area is 53.2 Å². The number of rotatable bonds is 2. The summed E-state index contributed by atoms with van der Waals surface area (Å²) >= 11 is 0. The van der Waals surface area contributed by atoms with E-state index in [9.17, 15) is 8.78 Å². The molecule has 1 fully saturated rings. The Morgan fingerprint density at radius 2 is 2.00 bits per heavy atom. The van der Waals surface area contributed by atoms with Crippen LogP contribution in [-0.2, 0) is 0 Å². The summed E-state index contributed by atoms with van der Waals surface area (Å²) in [6.45, 7) is 1.95. The topological polar surface area (TPSA) is 26.0 Å². The summed E-state index contributed by atoms with van der Waals surface area (Å²) in [5.41, 5.74) is 5.16. The maximum atomic E-state index is 11.8. The summed E-state index contributed by atoms with van der Waals surface area (Å²) in [7, 11) is 0. The minimum Gasteiger partial charge on any atom is -0.323 e. The average molecular weight is 135 g/mol. The zero-order chi connectivity index (χ0) is 7.02.